The molecule has 0 aliphatic rings. The summed E-state index contributed by atoms with van der Waals surface area (Å²) in [6.45, 7) is 4.06. The number of sulfonamides is 1. The molecular formula is C16H23N3O4S2. The predicted molar refractivity (Wildman–Crippen MR) is 98.1 cm³/mol. The van der Waals surface area contributed by atoms with Crippen LogP contribution < -0.4 is 5.32 Å². The van der Waals surface area contributed by atoms with Gasteiger partial charge in [-0.25, -0.2) is 17.7 Å². The smallest absolute Gasteiger partial charge is 0.257 e. The maximum Gasteiger partial charge on any atom is 0.257 e. The lowest BCUT2D eigenvalue weighted by molar-refractivity contribution is -0.119. The highest BCUT2D eigenvalue weighted by molar-refractivity contribution is 7.99. The Labute approximate surface area is 152 Å². The van der Waals surface area contributed by atoms with Gasteiger partial charge in [-0.2, -0.15) is 0 Å². The standard InChI is InChI=1S/C16H23N3O4S2/c1-5-11(6-2)17-15(20)10-24-16-18-13-9-12(7-8-14(13)23-16)25(21,22)19(3)4/h7-9,11H,5-6,10H2,1-4H3,(H,17,20). The molecule has 0 radical (unpaired) electrons. The predicted octanol–water partition coefficient (Wildman–Crippen LogP) is 2.48. The van der Waals surface area contributed by atoms with E-state index in [2.05, 4.69) is 10.3 Å². The van der Waals surface area contributed by atoms with Crippen LogP contribution in [0.1, 0.15) is 26.7 Å². The summed E-state index contributed by atoms with van der Waals surface area (Å²) in [7, 11) is -0.575. The van der Waals surface area contributed by atoms with Crippen molar-refractivity contribution in [2.75, 3.05) is 19.8 Å². The summed E-state index contributed by atoms with van der Waals surface area (Å²) in [5, 5.41) is 3.29. The van der Waals surface area contributed by atoms with Crippen LogP contribution in [0.5, 0.6) is 0 Å². The number of aromatic nitrogens is 1. The number of hydrogen-bond acceptors (Lipinski definition) is 6. The molecule has 0 aliphatic heterocycles. The second-order valence-corrected chi connectivity index (χ2v) is 8.84. The first-order valence-corrected chi connectivity index (χ1v) is 10.5. The lowest BCUT2D eigenvalue weighted by atomic mass is 10.2. The first-order valence-electron chi connectivity index (χ1n) is 8.03. The maximum atomic E-state index is 12.2. The molecule has 1 amide bonds. The Balaban J connectivity index is 2.10. The van der Waals surface area contributed by atoms with E-state index in [9.17, 15) is 13.2 Å². The Bertz CT molecular complexity index is 842. The van der Waals surface area contributed by atoms with E-state index in [-0.39, 0.29) is 22.6 Å². The molecule has 25 heavy (non-hydrogen) atoms. The minimum absolute atomic E-state index is 0.0724. The number of carbonyl (C=O) groups is 1. The van der Waals surface area contributed by atoms with Crippen LogP contribution in [0.2, 0.25) is 0 Å². The maximum absolute atomic E-state index is 12.2. The molecule has 1 aromatic heterocycles. The molecule has 0 bridgehead atoms. The van der Waals surface area contributed by atoms with Crippen molar-refractivity contribution in [3.05, 3.63) is 18.2 Å². The number of hydrogen-bond donors (Lipinski definition) is 1. The Morgan fingerprint density at radius 1 is 1.32 bits per heavy atom. The number of oxazole rings is 1. The fourth-order valence-electron chi connectivity index (χ4n) is 2.21. The summed E-state index contributed by atoms with van der Waals surface area (Å²) in [4.78, 5) is 16.4. The molecule has 1 N–H and O–H groups in total. The highest BCUT2D eigenvalue weighted by Crippen LogP contribution is 2.26. The van der Waals surface area contributed by atoms with Gasteiger partial charge in [-0.15, -0.1) is 0 Å². The topological polar surface area (TPSA) is 92.5 Å². The molecule has 0 atom stereocenters. The van der Waals surface area contributed by atoms with Crippen LogP contribution in [0.15, 0.2) is 32.7 Å². The lowest BCUT2D eigenvalue weighted by Crippen LogP contribution is -2.34. The van der Waals surface area contributed by atoms with Crippen LogP contribution in [0.3, 0.4) is 0 Å². The van der Waals surface area contributed by atoms with Gasteiger partial charge in [0.05, 0.1) is 10.6 Å². The van der Waals surface area contributed by atoms with E-state index < -0.39 is 10.0 Å². The van der Waals surface area contributed by atoms with Crippen molar-refractivity contribution in [1.29, 1.82) is 0 Å². The second kappa shape index (κ2) is 8.20. The minimum Gasteiger partial charge on any atom is -0.431 e. The zero-order valence-electron chi connectivity index (χ0n) is 14.8. The third kappa shape index (κ3) is 4.74. The number of fused-ring (bicyclic) bond motifs is 1. The van der Waals surface area contributed by atoms with Crippen LogP contribution >= 0.6 is 11.8 Å². The van der Waals surface area contributed by atoms with Gasteiger partial charge in [0.1, 0.15) is 5.52 Å². The van der Waals surface area contributed by atoms with Crippen LogP contribution in [-0.2, 0) is 14.8 Å². The van der Waals surface area contributed by atoms with Crippen LogP contribution in [0, 0.1) is 0 Å². The molecule has 1 aromatic carbocycles. The molecule has 0 saturated heterocycles. The first kappa shape index (κ1) is 19.7. The van der Waals surface area contributed by atoms with Gasteiger partial charge in [-0.1, -0.05) is 25.6 Å². The molecule has 0 saturated carbocycles. The third-order valence-electron chi connectivity index (χ3n) is 3.80. The average molecular weight is 386 g/mol. The minimum atomic E-state index is -3.52. The molecular weight excluding hydrogens is 362 g/mol. The van der Waals surface area contributed by atoms with E-state index in [1.54, 1.807) is 6.07 Å². The molecule has 1 heterocycles. The van der Waals surface area contributed by atoms with Crippen LogP contribution in [0.25, 0.3) is 11.1 Å². The van der Waals surface area contributed by atoms with Crippen LogP contribution in [0.4, 0.5) is 0 Å². The van der Waals surface area contributed by atoms with E-state index >= 15 is 0 Å². The third-order valence-corrected chi connectivity index (χ3v) is 6.43. The molecule has 9 heteroatoms. The normalized spacial score (nSPS) is 12.2. The molecule has 0 spiro atoms. The molecule has 0 unspecified atom stereocenters. The van der Waals surface area contributed by atoms with Gasteiger partial charge in [0, 0.05) is 20.1 Å². The number of nitrogens with one attached hydrogen (secondary N) is 1. The van der Waals surface area contributed by atoms with E-state index in [1.807, 2.05) is 13.8 Å². The summed E-state index contributed by atoms with van der Waals surface area (Å²) >= 11 is 1.19. The summed E-state index contributed by atoms with van der Waals surface area (Å²) in [5.74, 6) is 0.128. The van der Waals surface area contributed by atoms with Gasteiger partial charge < -0.3 is 9.73 Å². The van der Waals surface area contributed by atoms with E-state index in [4.69, 9.17) is 4.42 Å². The molecule has 0 fully saturated rings. The SMILES string of the molecule is CCC(CC)NC(=O)CSc1nc2cc(S(=O)(=O)N(C)C)ccc2o1. The number of rotatable bonds is 8. The monoisotopic (exact) mass is 385 g/mol. The highest BCUT2D eigenvalue weighted by atomic mass is 32.2. The summed E-state index contributed by atoms with van der Waals surface area (Å²) in [5.41, 5.74) is 0.937. The Morgan fingerprint density at radius 3 is 2.60 bits per heavy atom. The quantitative estimate of drug-likeness (QED) is 0.702. The number of thioether (sulfide) groups is 1. The molecule has 7 nitrogen and oxygen atoms in total. The van der Waals surface area contributed by atoms with Gasteiger partial charge in [-0.05, 0) is 31.0 Å². The van der Waals surface area contributed by atoms with Crippen molar-refractivity contribution in [2.24, 2.45) is 0 Å². The van der Waals surface area contributed by atoms with Gasteiger partial charge in [-0.3, -0.25) is 4.79 Å². The average Bonchev–Trinajstić information content (AvgIpc) is 2.99. The summed E-state index contributed by atoms with van der Waals surface area (Å²) in [6.07, 6.45) is 1.78. The number of carbonyl (C=O) groups excluding carboxylic acids is 1. The lowest BCUT2D eigenvalue weighted by Gasteiger charge is -2.13. The van der Waals surface area contributed by atoms with Crippen molar-refractivity contribution in [1.82, 2.24) is 14.6 Å². The molecule has 2 aromatic rings. The fraction of sp³-hybridized carbons (Fsp3) is 0.500. The number of benzene rings is 1. The first-order chi connectivity index (χ1) is 11.8. The zero-order chi connectivity index (χ0) is 18.6. The second-order valence-electron chi connectivity index (χ2n) is 5.77. The van der Waals surface area contributed by atoms with Gasteiger partial charge in [0.15, 0.2) is 5.58 Å². The fourth-order valence-corrected chi connectivity index (χ4v) is 3.78. The molecule has 2 rings (SSSR count). The molecule has 138 valence electrons. The van der Waals surface area contributed by atoms with Crippen molar-refractivity contribution >= 4 is 38.8 Å². The summed E-state index contributed by atoms with van der Waals surface area (Å²) in [6, 6.07) is 4.71. The Kier molecular flexibility index (Phi) is 6.47. The van der Waals surface area contributed by atoms with E-state index in [1.165, 1.54) is 38.0 Å². The Hall–Kier alpha value is -1.58. The highest BCUT2D eigenvalue weighted by Gasteiger charge is 2.19. The Morgan fingerprint density at radius 2 is 2.00 bits per heavy atom. The van der Waals surface area contributed by atoms with Crippen molar-refractivity contribution in [3.63, 3.8) is 0 Å². The van der Waals surface area contributed by atoms with Gasteiger partial charge in [0.25, 0.3) is 5.22 Å². The number of nitrogens with zero attached hydrogens (tertiary/aromatic N) is 2. The van der Waals surface area contributed by atoms with Crippen molar-refractivity contribution < 1.29 is 17.6 Å². The van der Waals surface area contributed by atoms with Gasteiger partial charge >= 0.3 is 0 Å². The van der Waals surface area contributed by atoms with Crippen molar-refractivity contribution in [2.45, 2.75) is 42.8 Å². The summed E-state index contributed by atoms with van der Waals surface area (Å²) < 4.78 is 31.0. The van der Waals surface area contributed by atoms with E-state index in [0.717, 1.165) is 17.1 Å². The number of amides is 1. The van der Waals surface area contributed by atoms with Crippen molar-refractivity contribution in [3.8, 4) is 0 Å². The molecule has 0 aliphatic carbocycles. The zero-order valence-corrected chi connectivity index (χ0v) is 16.4. The van der Waals surface area contributed by atoms with Crippen LogP contribution in [-0.4, -0.2) is 49.5 Å². The largest absolute Gasteiger partial charge is 0.431 e. The van der Waals surface area contributed by atoms with E-state index in [0.29, 0.717) is 16.3 Å². The van der Waals surface area contributed by atoms with Gasteiger partial charge in [0.2, 0.25) is 15.9 Å².